The molecule has 0 aromatic heterocycles. The van der Waals surface area contributed by atoms with E-state index in [0.717, 1.165) is 16.7 Å². The van der Waals surface area contributed by atoms with E-state index < -0.39 is 0 Å². The number of benzene rings is 3. The zero-order valence-electron chi connectivity index (χ0n) is 19.0. The summed E-state index contributed by atoms with van der Waals surface area (Å²) in [6.45, 7) is 6.66. The van der Waals surface area contributed by atoms with Crippen molar-refractivity contribution in [3.05, 3.63) is 105 Å². The van der Waals surface area contributed by atoms with Crippen LogP contribution in [0, 0.1) is 13.8 Å². The van der Waals surface area contributed by atoms with Gasteiger partial charge in [0.1, 0.15) is 5.37 Å². The topological polar surface area (TPSA) is 49.4 Å². The van der Waals surface area contributed by atoms with Crippen molar-refractivity contribution >= 4 is 35.2 Å². The molecule has 6 heteroatoms. The molecule has 1 fully saturated rings. The molecule has 1 aliphatic heterocycles. The average molecular weight is 479 g/mol. The lowest BCUT2D eigenvalue weighted by molar-refractivity contribution is -0.128. The summed E-state index contributed by atoms with van der Waals surface area (Å²) in [7, 11) is 0. The van der Waals surface area contributed by atoms with Crippen molar-refractivity contribution in [1.29, 1.82) is 0 Å². The Bertz CT molecular complexity index is 1160. The highest BCUT2D eigenvalue weighted by atomic mass is 35.5. The zero-order valence-corrected chi connectivity index (χ0v) is 20.5. The molecule has 0 spiro atoms. The number of aryl methyl sites for hydroxylation is 2. The fourth-order valence-electron chi connectivity index (χ4n) is 4.16. The molecule has 2 atom stereocenters. The summed E-state index contributed by atoms with van der Waals surface area (Å²) in [6, 6.07) is 21.3. The van der Waals surface area contributed by atoms with Crippen LogP contribution in [-0.4, -0.2) is 22.5 Å². The van der Waals surface area contributed by atoms with Crippen molar-refractivity contribution in [2.45, 2.75) is 38.7 Å². The predicted octanol–water partition coefficient (Wildman–Crippen LogP) is 6.22. The van der Waals surface area contributed by atoms with E-state index in [2.05, 4.69) is 37.4 Å². The molecule has 0 saturated carbocycles. The minimum absolute atomic E-state index is 0.0700. The van der Waals surface area contributed by atoms with E-state index in [0.29, 0.717) is 22.9 Å². The summed E-state index contributed by atoms with van der Waals surface area (Å²) in [4.78, 5) is 27.2. The van der Waals surface area contributed by atoms with Crippen molar-refractivity contribution < 1.29 is 9.59 Å². The molecule has 2 amide bonds. The van der Waals surface area contributed by atoms with Crippen LogP contribution in [0.15, 0.2) is 66.7 Å². The van der Waals surface area contributed by atoms with Gasteiger partial charge in [-0.1, -0.05) is 59.6 Å². The van der Waals surface area contributed by atoms with Crippen molar-refractivity contribution in [3.63, 3.8) is 0 Å². The van der Waals surface area contributed by atoms with Crippen molar-refractivity contribution in [1.82, 2.24) is 10.2 Å². The Labute approximate surface area is 204 Å². The van der Waals surface area contributed by atoms with Gasteiger partial charge in [0.2, 0.25) is 5.91 Å². The molecule has 170 valence electrons. The van der Waals surface area contributed by atoms with Crippen molar-refractivity contribution in [3.8, 4) is 0 Å². The lowest BCUT2D eigenvalue weighted by Crippen LogP contribution is -2.28. The molecule has 0 radical (unpaired) electrons. The molecule has 4 nitrogen and oxygen atoms in total. The maximum absolute atomic E-state index is 12.8. The second-order valence-electron chi connectivity index (χ2n) is 8.49. The smallest absolute Gasteiger partial charge is 0.251 e. The van der Waals surface area contributed by atoms with Crippen molar-refractivity contribution in [2.24, 2.45) is 0 Å². The summed E-state index contributed by atoms with van der Waals surface area (Å²) in [5.74, 6) is 0.458. The normalized spacial score (nSPS) is 16.7. The number of carbonyl (C=O) groups excluding carboxylic acids is 2. The lowest BCUT2D eigenvalue weighted by atomic mass is 10.00. The minimum Gasteiger partial charge on any atom is -0.346 e. The highest BCUT2D eigenvalue weighted by molar-refractivity contribution is 8.00. The van der Waals surface area contributed by atoms with Crippen LogP contribution in [0.4, 0.5) is 0 Å². The third-order valence-corrected chi connectivity index (χ3v) is 7.44. The summed E-state index contributed by atoms with van der Waals surface area (Å²) in [6.07, 6.45) is 0. The van der Waals surface area contributed by atoms with E-state index >= 15 is 0 Å². The zero-order chi connectivity index (χ0) is 23.5. The van der Waals surface area contributed by atoms with Gasteiger partial charge in [-0.25, -0.2) is 0 Å². The summed E-state index contributed by atoms with van der Waals surface area (Å²) in [5, 5.41) is 3.70. The quantitative estimate of drug-likeness (QED) is 0.457. The van der Waals surface area contributed by atoms with Crippen LogP contribution in [0.5, 0.6) is 0 Å². The number of nitrogens with zero attached hydrogens (tertiary/aromatic N) is 1. The Kier molecular flexibility index (Phi) is 7.11. The van der Waals surface area contributed by atoms with Gasteiger partial charge in [-0.2, -0.15) is 0 Å². The van der Waals surface area contributed by atoms with E-state index in [1.54, 1.807) is 11.8 Å². The molecule has 0 unspecified atom stereocenters. The van der Waals surface area contributed by atoms with Gasteiger partial charge >= 0.3 is 0 Å². The van der Waals surface area contributed by atoms with Gasteiger partial charge in [0.25, 0.3) is 5.91 Å². The fraction of sp³-hybridized carbons (Fsp3) is 0.259. The van der Waals surface area contributed by atoms with Crippen molar-refractivity contribution in [2.75, 3.05) is 5.75 Å². The first-order valence-electron chi connectivity index (χ1n) is 11.0. The first kappa shape index (κ1) is 23.4. The summed E-state index contributed by atoms with van der Waals surface area (Å²) in [5.41, 5.74) is 6.15. The second-order valence-corrected chi connectivity index (χ2v) is 9.99. The van der Waals surface area contributed by atoms with Gasteiger partial charge in [-0.05, 0) is 67.3 Å². The van der Waals surface area contributed by atoms with Gasteiger partial charge in [0, 0.05) is 17.1 Å². The summed E-state index contributed by atoms with van der Waals surface area (Å²) < 4.78 is 0. The van der Waals surface area contributed by atoms with Crippen LogP contribution >= 0.6 is 23.4 Å². The third kappa shape index (κ3) is 5.43. The van der Waals surface area contributed by atoms with Crippen LogP contribution in [0.1, 0.15) is 56.5 Å². The lowest BCUT2D eigenvalue weighted by Gasteiger charge is -2.24. The van der Waals surface area contributed by atoms with Gasteiger partial charge in [-0.15, -0.1) is 11.8 Å². The molecule has 0 bridgehead atoms. The van der Waals surface area contributed by atoms with E-state index in [1.165, 1.54) is 11.1 Å². The Morgan fingerprint density at radius 1 is 1.09 bits per heavy atom. The molecule has 1 aliphatic rings. The molecule has 0 aliphatic carbocycles. The SMILES string of the molecule is Cc1ccc([C@@H](C)NC(=O)c2ccc([C@H]3SCC(=O)N3Cc3ccc(Cl)cc3)cc2)c(C)c1. The van der Waals surface area contributed by atoms with Gasteiger partial charge in [-0.3, -0.25) is 9.59 Å². The van der Waals surface area contributed by atoms with Crippen LogP contribution in [0.3, 0.4) is 0 Å². The van der Waals surface area contributed by atoms with E-state index in [1.807, 2.05) is 60.4 Å². The molecule has 1 saturated heterocycles. The van der Waals surface area contributed by atoms with Crippen LogP contribution in [0.25, 0.3) is 0 Å². The summed E-state index contributed by atoms with van der Waals surface area (Å²) >= 11 is 7.59. The standard InChI is InChI=1S/C27H27ClN2O2S/c1-17-4-13-24(18(2)14-17)19(3)29-26(32)21-7-9-22(10-8-21)27-30(25(31)16-33-27)15-20-5-11-23(28)12-6-20/h4-14,19,27H,15-16H2,1-3H3,(H,29,32)/t19-,27-/m1/s1. The highest BCUT2D eigenvalue weighted by Crippen LogP contribution is 2.39. The van der Waals surface area contributed by atoms with Gasteiger partial charge < -0.3 is 10.2 Å². The maximum atomic E-state index is 12.8. The second kappa shape index (κ2) is 10.0. The maximum Gasteiger partial charge on any atom is 0.251 e. The number of carbonyl (C=O) groups is 2. The first-order chi connectivity index (χ1) is 15.8. The molecule has 1 N–H and O–H groups in total. The van der Waals surface area contributed by atoms with Gasteiger partial charge in [0.05, 0.1) is 11.8 Å². The number of hydrogen-bond acceptors (Lipinski definition) is 3. The first-order valence-corrected chi connectivity index (χ1v) is 12.4. The molecule has 3 aromatic carbocycles. The average Bonchev–Trinajstić information content (AvgIpc) is 3.15. The Morgan fingerprint density at radius 2 is 1.79 bits per heavy atom. The number of thioether (sulfide) groups is 1. The molecule has 1 heterocycles. The number of halogens is 1. The third-order valence-electron chi connectivity index (χ3n) is 5.93. The Hall–Kier alpha value is -2.76. The number of nitrogens with one attached hydrogen (secondary N) is 1. The van der Waals surface area contributed by atoms with Crippen LogP contribution in [-0.2, 0) is 11.3 Å². The molecular weight excluding hydrogens is 452 g/mol. The Morgan fingerprint density at radius 3 is 2.45 bits per heavy atom. The number of hydrogen-bond donors (Lipinski definition) is 1. The van der Waals surface area contributed by atoms with Gasteiger partial charge in [0.15, 0.2) is 0 Å². The molecule has 3 aromatic rings. The largest absolute Gasteiger partial charge is 0.346 e. The fourth-order valence-corrected chi connectivity index (χ4v) is 5.47. The number of rotatable bonds is 6. The van der Waals surface area contributed by atoms with E-state index in [9.17, 15) is 9.59 Å². The van der Waals surface area contributed by atoms with E-state index in [-0.39, 0.29) is 23.2 Å². The molecule has 4 rings (SSSR count). The van der Waals surface area contributed by atoms with E-state index in [4.69, 9.17) is 11.6 Å². The van der Waals surface area contributed by atoms with Crippen LogP contribution < -0.4 is 5.32 Å². The predicted molar refractivity (Wildman–Crippen MR) is 135 cm³/mol. The van der Waals surface area contributed by atoms with Crippen LogP contribution in [0.2, 0.25) is 5.02 Å². The molecular formula is C27H27ClN2O2S. The molecule has 33 heavy (non-hydrogen) atoms. The monoisotopic (exact) mass is 478 g/mol. The Balaban J connectivity index is 1.44. The highest BCUT2D eigenvalue weighted by Gasteiger charge is 2.32. The minimum atomic E-state index is -0.109. The number of amides is 2.